The number of thiophene rings is 1. The number of nitrogens with one attached hydrogen (secondary N) is 1. The van der Waals surface area contributed by atoms with Gasteiger partial charge >= 0.3 is 0 Å². The Morgan fingerprint density at radius 1 is 1.27 bits per heavy atom. The lowest BCUT2D eigenvalue weighted by atomic mass is 10.1. The van der Waals surface area contributed by atoms with Crippen molar-refractivity contribution < 1.29 is 8.42 Å². The third-order valence-electron chi connectivity index (χ3n) is 3.82. The predicted molar refractivity (Wildman–Crippen MR) is 89.6 cm³/mol. The van der Waals surface area contributed by atoms with E-state index in [1.807, 2.05) is 11.3 Å². The number of nitrogens with zero attached hydrogens (tertiary/aromatic N) is 1. The van der Waals surface area contributed by atoms with Gasteiger partial charge in [-0.2, -0.15) is 0 Å². The Labute approximate surface area is 134 Å². The van der Waals surface area contributed by atoms with E-state index in [1.54, 1.807) is 18.2 Å². The van der Waals surface area contributed by atoms with Gasteiger partial charge in [-0.25, -0.2) is 13.6 Å². The summed E-state index contributed by atoms with van der Waals surface area (Å²) >= 11 is 1.83. The van der Waals surface area contributed by atoms with Crippen molar-refractivity contribution in [2.45, 2.75) is 17.9 Å². The van der Waals surface area contributed by atoms with E-state index >= 15 is 0 Å². The van der Waals surface area contributed by atoms with Gasteiger partial charge in [-0.05, 0) is 35.6 Å². The quantitative estimate of drug-likeness (QED) is 0.873. The second-order valence-corrected chi connectivity index (χ2v) is 7.89. The molecule has 3 N–H and O–H groups in total. The van der Waals surface area contributed by atoms with Gasteiger partial charge in [-0.3, -0.25) is 4.90 Å². The highest BCUT2D eigenvalue weighted by Gasteiger charge is 2.17. The first-order valence-electron chi connectivity index (χ1n) is 7.17. The molecule has 0 amide bonds. The minimum atomic E-state index is -3.70. The van der Waals surface area contributed by atoms with Crippen LogP contribution < -0.4 is 10.5 Å². The molecule has 0 radical (unpaired) electrons. The molecule has 0 saturated heterocycles. The molecule has 0 atom stereocenters. The molecule has 1 aliphatic heterocycles. The lowest BCUT2D eigenvalue weighted by Crippen LogP contribution is -2.33. The van der Waals surface area contributed by atoms with Crippen molar-refractivity contribution in [1.82, 2.24) is 4.90 Å². The summed E-state index contributed by atoms with van der Waals surface area (Å²) in [6, 6.07) is 8.93. The number of primary sulfonamides is 1. The molecular weight excluding hydrogens is 318 g/mol. The van der Waals surface area contributed by atoms with Crippen LogP contribution in [-0.2, 0) is 23.0 Å². The highest BCUT2D eigenvalue weighted by atomic mass is 32.2. The van der Waals surface area contributed by atoms with Crippen LogP contribution in [0.5, 0.6) is 0 Å². The Morgan fingerprint density at radius 3 is 2.91 bits per heavy atom. The number of anilines is 1. The Balaban J connectivity index is 1.59. The molecule has 22 heavy (non-hydrogen) atoms. The summed E-state index contributed by atoms with van der Waals surface area (Å²) < 4.78 is 23.1. The van der Waals surface area contributed by atoms with Gasteiger partial charge < -0.3 is 5.32 Å². The monoisotopic (exact) mass is 337 g/mol. The molecule has 2 heterocycles. The number of fused-ring (bicyclic) bond motifs is 1. The van der Waals surface area contributed by atoms with Crippen LogP contribution in [0.25, 0.3) is 0 Å². The number of nitrogens with two attached hydrogens (primary N) is 1. The van der Waals surface area contributed by atoms with Crippen molar-refractivity contribution in [1.29, 1.82) is 0 Å². The predicted octanol–water partition coefficient (Wildman–Crippen LogP) is 1.87. The van der Waals surface area contributed by atoms with Crippen molar-refractivity contribution in [3.05, 3.63) is 46.2 Å². The van der Waals surface area contributed by atoms with E-state index in [4.69, 9.17) is 5.14 Å². The number of rotatable bonds is 5. The molecule has 0 saturated carbocycles. The molecule has 2 aromatic rings. The largest absolute Gasteiger partial charge is 0.383 e. The normalized spacial score (nSPS) is 15.5. The Hall–Kier alpha value is -1.41. The maximum atomic E-state index is 11.6. The highest BCUT2D eigenvalue weighted by molar-refractivity contribution is 7.89. The van der Waals surface area contributed by atoms with Crippen LogP contribution in [0.3, 0.4) is 0 Å². The molecule has 1 aliphatic rings. The lowest BCUT2D eigenvalue weighted by molar-refractivity contribution is 0.266. The van der Waals surface area contributed by atoms with E-state index in [1.165, 1.54) is 16.5 Å². The van der Waals surface area contributed by atoms with Crippen LogP contribution in [0.1, 0.15) is 10.4 Å². The molecule has 1 aromatic heterocycles. The SMILES string of the molecule is NS(=O)(=O)c1ccccc1NCCN1CCc2sccc2C1. The zero-order chi connectivity index (χ0) is 15.6. The van der Waals surface area contributed by atoms with Gasteiger partial charge in [-0.15, -0.1) is 11.3 Å². The summed E-state index contributed by atoms with van der Waals surface area (Å²) in [6.07, 6.45) is 1.10. The summed E-state index contributed by atoms with van der Waals surface area (Å²) in [5, 5.41) is 10.6. The third kappa shape index (κ3) is 3.49. The van der Waals surface area contributed by atoms with Crippen molar-refractivity contribution in [3.8, 4) is 0 Å². The maximum Gasteiger partial charge on any atom is 0.240 e. The van der Waals surface area contributed by atoms with E-state index in [2.05, 4.69) is 21.7 Å². The van der Waals surface area contributed by atoms with Gasteiger partial charge in [0.15, 0.2) is 0 Å². The van der Waals surface area contributed by atoms with Crippen molar-refractivity contribution in [2.24, 2.45) is 5.14 Å². The van der Waals surface area contributed by atoms with Gasteiger partial charge in [0, 0.05) is 31.1 Å². The van der Waals surface area contributed by atoms with E-state index in [0.717, 1.165) is 26.1 Å². The zero-order valence-electron chi connectivity index (χ0n) is 12.2. The number of benzene rings is 1. The van der Waals surface area contributed by atoms with Crippen molar-refractivity contribution in [2.75, 3.05) is 25.0 Å². The molecule has 0 fully saturated rings. The lowest BCUT2D eigenvalue weighted by Gasteiger charge is -2.27. The smallest absolute Gasteiger partial charge is 0.240 e. The topological polar surface area (TPSA) is 75.4 Å². The first-order chi connectivity index (χ1) is 10.5. The molecule has 0 bridgehead atoms. The zero-order valence-corrected chi connectivity index (χ0v) is 13.8. The van der Waals surface area contributed by atoms with Gasteiger partial charge in [0.1, 0.15) is 4.90 Å². The van der Waals surface area contributed by atoms with E-state index < -0.39 is 10.0 Å². The summed E-state index contributed by atoms with van der Waals surface area (Å²) in [5.74, 6) is 0. The maximum absolute atomic E-state index is 11.6. The summed E-state index contributed by atoms with van der Waals surface area (Å²) in [4.78, 5) is 4.01. The van der Waals surface area contributed by atoms with E-state index in [-0.39, 0.29) is 4.90 Å². The molecule has 1 aromatic carbocycles. The average molecular weight is 337 g/mol. The molecule has 0 aliphatic carbocycles. The van der Waals surface area contributed by atoms with Crippen LogP contribution in [-0.4, -0.2) is 33.0 Å². The Morgan fingerprint density at radius 2 is 2.09 bits per heavy atom. The minimum Gasteiger partial charge on any atom is -0.383 e. The van der Waals surface area contributed by atoms with Crippen molar-refractivity contribution in [3.63, 3.8) is 0 Å². The van der Waals surface area contributed by atoms with Crippen LogP contribution in [0.4, 0.5) is 5.69 Å². The van der Waals surface area contributed by atoms with E-state index in [0.29, 0.717) is 12.2 Å². The molecule has 5 nitrogen and oxygen atoms in total. The minimum absolute atomic E-state index is 0.147. The van der Waals surface area contributed by atoms with Gasteiger partial charge in [0.25, 0.3) is 0 Å². The summed E-state index contributed by atoms with van der Waals surface area (Å²) in [6.45, 7) is 3.57. The van der Waals surface area contributed by atoms with Gasteiger partial charge in [-0.1, -0.05) is 12.1 Å². The van der Waals surface area contributed by atoms with Crippen molar-refractivity contribution >= 4 is 27.0 Å². The summed E-state index contributed by atoms with van der Waals surface area (Å²) in [7, 11) is -3.70. The summed E-state index contributed by atoms with van der Waals surface area (Å²) in [5.41, 5.74) is 1.99. The standard InChI is InChI=1S/C15H19N3O2S2/c16-22(19,20)15-4-2-1-3-13(15)17-7-9-18-8-5-14-12(11-18)6-10-21-14/h1-4,6,10,17H,5,7-9,11H2,(H2,16,19,20). The van der Waals surface area contributed by atoms with Gasteiger partial charge in [0.2, 0.25) is 10.0 Å². The van der Waals surface area contributed by atoms with E-state index in [9.17, 15) is 8.42 Å². The molecular formula is C15H19N3O2S2. The Kier molecular flexibility index (Phi) is 4.49. The first-order valence-corrected chi connectivity index (χ1v) is 9.60. The fourth-order valence-corrected chi connectivity index (χ4v) is 4.31. The first kappa shape index (κ1) is 15.5. The average Bonchev–Trinajstić information content (AvgIpc) is 2.94. The van der Waals surface area contributed by atoms with Gasteiger partial charge in [0.05, 0.1) is 5.69 Å². The Bertz CT molecular complexity index is 756. The molecule has 3 rings (SSSR count). The van der Waals surface area contributed by atoms with Crippen LogP contribution >= 0.6 is 11.3 Å². The van der Waals surface area contributed by atoms with Crippen LogP contribution in [0.2, 0.25) is 0 Å². The number of hydrogen-bond donors (Lipinski definition) is 2. The number of sulfonamides is 1. The molecule has 7 heteroatoms. The number of para-hydroxylation sites is 1. The fourth-order valence-electron chi connectivity index (χ4n) is 2.71. The second-order valence-electron chi connectivity index (χ2n) is 5.36. The van der Waals surface area contributed by atoms with Crippen LogP contribution in [0, 0.1) is 0 Å². The van der Waals surface area contributed by atoms with Crippen LogP contribution in [0.15, 0.2) is 40.6 Å². The number of hydrogen-bond acceptors (Lipinski definition) is 5. The molecule has 0 unspecified atom stereocenters. The molecule has 0 spiro atoms. The molecule has 118 valence electrons. The highest BCUT2D eigenvalue weighted by Crippen LogP contribution is 2.24. The fraction of sp³-hybridized carbons (Fsp3) is 0.333. The second kappa shape index (κ2) is 6.37. The third-order valence-corrected chi connectivity index (χ3v) is 5.82.